The summed E-state index contributed by atoms with van der Waals surface area (Å²) in [6.45, 7) is 17.5. The molecule has 3 aromatic rings. The Bertz CT molecular complexity index is 835. The lowest BCUT2D eigenvalue weighted by Crippen LogP contribution is -2.10. The molecule has 0 saturated heterocycles. The molecule has 0 aromatic heterocycles. The van der Waals surface area contributed by atoms with Gasteiger partial charge in [0, 0.05) is 17.1 Å². The zero-order valence-corrected chi connectivity index (χ0v) is 20.8. The molecule has 0 saturated carbocycles. The van der Waals surface area contributed by atoms with Gasteiger partial charge in [-0.2, -0.15) is 0 Å². The van der Waals surface area contributed by atoms with E-state index in [2.05, 4.69) is 119 Å². The van der Waals surface area contributed by atoms with Crippen LogP contribution in [0.5, 0.6) is 0 Å². The molecule has 0 spiro atoms. The van der Waals surface area contributed by atoms with Crippen molar-refractivity contribution in [1.82, 2.24) is 0 Å². The van der Waals surface area contributed by atoms with Crippen molar-refractivity contribution in [3.63, 3.8) is 0 Å². The SMILES string of the molecule is CC.CCC(C)c1ccc(N(c2ccc(C(C)C)cc2)c2ccc(C(C)C)cc2)cc1. The molecule has 0 aliphatic heterocycles. The van der Waals surface area contributed by atoms with Gasteiger partial charge < -0.3 is 4.90 Å². The van der Waals surface area contributed by atoms with E-state index in [1.165, 1.54) is 33.8 Å². The Balaban J connectivity index is 0.00000166. The van der Waals surface area contributed by atoms with Gasteiger partial charge in [-0.15, -0.1) is 0 Å². The minimum Gasteiger partial charge on any atom is -0.311 e. The van der Waals surface area contributed by atoms with Crippen LogP contribution in [0, 0.1) is 0 Å². The largest absolute Gasteiger partial charge is 0.311 e. The minimum absolute atomic E-state index is 0.539. The molecule has 0 aliphatic rings. The predicted octanol–water partition coefficient (Wildman–Crippen LogP) is 9.94. The third-order valence-electron chi connectivity index (χ3n) is 5.97. The number of hydrogen-bond donors (Lipinski definition) is 0. The first-order valence-corrected chi connectivity index (χ1v) is 12.0. The molecule has 0 aliphatic carbocycles. The fourth-order valence-electron chi connectivity index (χ4n) is 3.65. The van der Waals surface area contributed by atoms with Gasteiger partial charge in [-0.25, -0.2) is 0 Å². The van der Waals surface area contributed by atoms with Crippen LogP contribution >= 0.6 is 0 Å². The zero-order chi connectivity index (χ0) is 23.0. The quantitative estimate of drug-likeness (QED) is 0.371. The lowest BCUT2D eigenvalue weighted by atomic mass is 9.98. The van der Waals surface area contributed by atoms with Crippen LogP contribution in [-0.4, -0.2) is 0 Å². The molecule has 0 radical (unpaired) electrons. The van der Waals surface area contributed by atoms with Crippen molar-refractivity contribution >= 4 is 17.1 Å². The highest BCUT2D eigenvalue weighted by Gasteiger charge is 2.14. The second-order valence-electron chi connectivity index (χ2n) is 8.73. The van der Waals surface area contributed by atoms with Crippen molar-refractivity contribution in [1.29, 1.82) is 0 Å². The van der Waals surface area contributed by atoms with Crippen molar-refractivity contribution in [3.05, 3.63) is 89.5 Å². The first-order valence-electron chi connectivity index (χ1n) is 12.0. The lowest BCUT2D eigenvalue weighted by Gasteiger charge is -2.27. The number of anilines is 3. The summed E-state index contributed by atoms with van der Waals surface area (Å²) in [5.74, 6) is 1.67. The zero-order valence-electron chi connectivity index (χ0n) is 20.8. The van der Waals surface area contributed by atoms with Crippen molar-refractivity contribution < 1.29 is 0 Å². The maximum Gasteiger partial charge on any atom is 0.0461 e. The van der Waals surface area contributed by atoms with Gasteiger partial charge in [0.2, 0.25) is 0 Å². The highest BCUT2D eigenvalue weighted by atomic mass is 15.1. The minimum atomic E-state index is 0.539. The Morgan fingerprint density at radius 2 is 0.806 bits per heavy atom. The van der Waals surface area contributed by atoms with Crippen LogP contribution in [0.2, 0.25) is 0 Å². The Morgan fingerprint density at radius 3 is 1.06 bits per heavy atom. The third kappa shape index (κ3) is 6.23. The number of rotatable bonds is 7. The van der Waals surface area contributed by atoms with Crippen LogP contribution < -0.4 is 4.90 Å². The van der Waals surface area contributed by atoms with Gasteiger partial charge in [-0.05, 0) is 77.3 Å². The molecular formula is C30H41N. The molecule has 0 amide bonds. The second-order valence-corrected chi connectivity index (χ2v) is 8.73. The Labute approximate surface area is 191 Å². The van der Waals surface area contributed by atoms with Crippen LogP contribution in [0.25, 0.3) is 0 Å². The predicted molar refractivity (Wildman–Crippen MR) is 139 cm³/mol. The van der Waals surface area contributed by atoms with Gasteiger partial charge in [0.05, 0.1) is 0 Å². The fourth-order valence-corrected chi connectivity index (χ4v) is 3.65. The van der Waals surface area contributed by atoms with Gasteiger partial charge in [-0.1, -0.05) is 91.8 Å². The van der Waals surface area contributed by atoms with E-state index in [0.29, 0.717) is 17.8 Å². The van der Waals surface area contributed by atoms with E-state index in [1.54, 1.807) is 0 Å². The Kier molecular flexibility index (Phi) is 9.37. The number of nitrogens with zero attached hydrogens (tertiary/aromatic N) is 1. The molecular weight excluding hydrogens is 374 g/mol. The summed E-state index contributed by atoms with van der Waals surface area (Å²) in [6, 6.07) is 27.1. The van der Waals surface area contributed by atoms with Gasteiger partial charge in [0.25, 0.3) is 0 Å². The van der Waals surface area contributed by atoms with E-state index < -0.39 is 0 Å². The van der Waals surface area contributed by atoms with E-state index >= 15 is 0 Å². The molecule has 0 fully saturated rings. The van der Waals surface area contributed by atoms with Crippen molar-refractivity contribution in [2.24, 2.45) is 0 Å². The topological polar surface area (TPSA) is 3.24 Å². The first kappa shape index (κ1) is 24.7. The van der Waals surface area contributed by atoms with Gasteiger partial charge >= 0.3 is 0 Å². The molecule has 0 bridgehead atoms. The highest BCUT2D eigenvalue weighted by Crippen LogP contribution is 2.36. The van der Waals surface area contributed by atoms with Crippen molar-refractivity contribution in [2.45, 2.75) is 79.6 Å². The summed E-state index contributed by atoms with van der Waals surface area (Å²) >= 11 is 0. The third-order valence-corrected chi connectivity index (χ3v) is 5.97. The molecule has 166 valence electrons. The summed E-state index contributed by atoms with van der Waals surface area (Å²) in [7, 11) is 0. The van der Waals surface area contributed by atoms with Gasteiger partial charge in [0.1, 0.15) is 0 Å². The smallest absolute Gasteiger partial charge is 0.0461 e. The Hall–Kier alpha value is -2.54. The van der Waals surface area contributed by atoms with Crippen LogP contribution in [0.15, 0.2) is 72.8 Å². The molecule has 3 aromatic carbocycles. The molecule has 1 nitrogen and oxygen atoms in total. The fraction of sp³-hybridized carbons (Fsp3) is 0.400. The maximum atomic E-state index is 2.36. The average molecular weight is 416 g/mol. The van der Waals surface area contributed by atoms with E-state index in [9.17, 15) is 0 Å². The average Bonchev–Trinajstić information content (AvgIpc) is 2.81. The van der Waals surface area contributed by atoms with Crippen molar-refractivity contribution in [2.75, 3.05) is 4.90 Å². The molecule has 1 atom stereocenters. The summed E-state index contributed by atoms with van der Waals surface area (Å²) in [5, 5.41) is 0. The second kappa shape index (κ2) is 11.7. The van der Waals surface area contributed by atoms with E-state index in [4.69, 9.17) is 0 Å². The summed E-state index contributed by atoms with van der Waals surface area (Å²) in [4.78, 5) is 2.36. The van der Waals surface area contributed by atoms with Crippen LogP contribution in [0.3, 0.4) is 0 Å². The molecule has 31 heavy (non-hydrogen) atoms. The summed E-state index contributed by atoms with van der Waals surface area (Å²) in [6.07, 6.45) is 1.16. The molecule has 1 unspecified atom stereocenters. The normalized spacial score (nSPS) is 11.8. The molecule has 0 heterocycles. The van der Waals surface area contributed by atoms with Crippen LogP contribution in [0.4, 0.5) is 17.1 Å². The van der Waals surface area contributed by atoms with Crippen LogP contribution in [-0.2, 0) is 0 Å². The molecule has 3 rings (SSSR count). The van der Waals surface area contributed by atoms with Crippen molar-refractivity contribution in [3.8, 4) is 0 Å². The lowest BCUT2D eigenvalue weighted by molar-refractivity contribution is 0.733. The van der Waals surface area contributed by atoms with Gasteiger partial charge in [-0.3, -0.25) is 0 Å². The van der Waals surface area contributed by atoms with E-state index in [0.717, 1.165) is 6.42 Å². The summed E-state index contributed by atoms with van der Waals surface area (Å²) in [5.41, 5.74) is 7.74. The Morgan fingerprint density at radius 1 is 0.516 bits per heavy atom. The van der Waals surface area contributed by atoms with Crippen LogP contribution in [0.1, 0.15) is 96.3 Å². The number of benzene rings is 3. The highest BCUT2D eigenvalue weighted by molar-refractivity contribution is 5.76. The number of hydrogen-bond acceptors (Lipinski definition) is 1. The van der Waals surface area contributed by atoms with Gasteiger partial charge in [0.15, 0.2) is 0 Å². The molecule has 1 heteroatoms. The summed E-state index contributed by atoms with van der Waals surface area (Å²) < 4.78 is 0. The first-order chi connectivity index (χ1) is 14.9. The monoisotopic (exact) mass is 415 g/mol. The standard InChI is InChI=1S/C28H35N.C2H6/c1-7-22(6)25-12-18-28(19-13-25)29(26-14-8-23(9-15-26)20(2)3)27-16-10-24(11-17-27)21(4)5;1-2/h8-22H,7H2,1-6H3;1-2H3. The molecule has 0 N–H and O–H groups in total. The van der Waals surface area contributed by atoms with E-state index in [1.807, 2.05) is 13.8 Å². The maximum absolute atomic E-state index is 2.36. The van der Waals surface area contributed by atoms with E-state index in [-0.39, 0.29) is 0 Å².